The lowest BCUT2D eigenvalue weighted by Crippen LogP contribution is -2.30. The normalized spacial score (nSPS) is 10.3. The van der Waals surface area contributed by atoms with Gasteiger partial charge in [-0.3, -0.25) is 9.59 Å². The Morgan fingerprint density at radius 1 is 0.929 bits per heavy atom. The van der Waals surface area contributed by atoms with E-state index in [1.807, 2.05) is 30.3 Å². The second-order valence-corrected chi connectivity index (χ2v) is 6.31. The summed E-state index contributed by atoms with van der Waals surface area (Å²) in [7, 11) is 0. The molecule has 0 heterocycles. The second kappa shape index (κ2) is 8.26. The number of phenolic OH excluding ortho intramolecular Hbond substituents is 2. The summed E-state index contributed by atoms with van der Waals surface area (Å²) in [4.78, 5) is 25.9. The van der Waals surface area contributed by atoms with Gasteiger partial charge < -0.3 is 20.4 Å². The molecule has 6 nitrogen and oxygen atoms in total. The first-order chi connectivity index (χ1) is 13.4. The van der Waals surface area contributed by atoms with Crippen molar-refractivity contribution in [2.75, 3.05) is 10.2 Å². The summed E-state index contributed by atoms with van der Waals surface area (Å²) in [6.45, 7) is 1.71. The molecule has 0 radical (unpaired) electrons. The van der Waals surface area contributed by atoms with Crippen LogP contribution in [0.1, 0.15) is 22.8 Å². The van der Waals surface area contributed by atoms with Crippen LogP contribution in [0, 0.1) is 0 Å². The summed E-state index contributed by atoms with van der Waals surface area (Å²) in [5.41, 5.74) is 2.23. The highest BCUT2D eigenvalue weighted by Gasteiger charge is 2.21. The van der Waals surface area contributed by atoms with Crippen LogP contribution >= 0.6 is 0 Å². The molecule has 0 aliphatic heterocycles. The molecule has 0 unspecified atom stereocenters. The summed E-state index contributed by atoms with van der Waals surface area (Å²) in [5, 5.41) is 22.3. The van der Waals surface area contributed by atoms with Crippen LogP contribution < -0.4 is 10.2 Å². The Morgan fingerprint density at radius 3 is 2.21 bits per heavy atom. The van der Waals surface area contributed by atoms with Gasteiger partial charge in [-0.05, 0) is 42.0 Å². The van der Waals surface area contributed by atoms with Gasteiger partial charge in [0.15, 0.2) is 0 Å². The van der Waals surface area contributed by atoms with E-state index in [-0.39, 0.29) is 23.0 Å². The number of carbonyl (C=O) groups excluding carboxylic acids is 2. The third kappa shape index (κ3) is 4.48. The zero-order valence-electron chi connectivity index (χ0n) is 15.3. The zero-order valence-corrected chi connectivity index (χ0v) is 15.3. The van der Waals surface area contributed by atoms with Gasteiger partial charge in [-0.25, -0.2) is 0 Å². The standard InChI is InChI=1S/C22H20N2O4/c1-15(25)23-17-7-9-18(10-8-17)24(14-16-5-3-2-4-6-16)22(28)20-12-11-19(26)13-21(20)27/h2-13,26-27H,14H2,1H3,(H,23,25). The largest absolute Gasteiger partial charge is 0.508 e. The van der Waals surface area contributed by atoms with E-state index in [0.717, 1.165) is 11.6 Å². The number of aromatic hydroxyl groups is 2. The smallest absolute Gasteiger partial charge is 0.262 e. The molecule has 0 aromatic heterocycles. The molecular formula is C22H20N2O4. The third-order valence-corrected chi connectivity index (χ3v) is 4.14. The number of anilines is 2. The van der Waals surface area contributed by atoms with Gasteiger partial charge in [0.2, 0.25) is 5.91 Å². The van der Waals surface area contributed by atoms with Crippen LogP contribution in [0.15, 0.2) is 72.8 Å². The summed E-state index contributed by atoms with van der Waals surface area (Å²) in [6, 6.07) is 20.2. The second-order valence-electron chi connectivity index (χ2n) is 6.31. The predicted molar refractivity (Wildman–Crippen MR) is 107 cm³/mol. The minimum absolute atomic E-state index is 0.0830. The molecule has 3 rings (SSSR count). The van der Waals surface area contributed by atoms with Crippen molar-refractivity contribution in [3.05, 3.63) is 83.9 Å². The number of nitrogens with zero attached hydrogens (tertiary/aromatic N) is 1. The Morgan fingerprint density at radius 2 is 1.61 bits per heavy atom. The van der Waals surface area contributed by atoms with Crippen LogP contribution in [0.3, 0.4) is 0 Å². The molecule has 142 valence electrons. The number of phenols is 2. The Bertz CT molecular complexity index is 985. The van der Waals surface area contributed by atoms with E-state index in [0.29, 0.717) is 17.9 Å². The molecule has 0 aliphatic carbocycles. The first-order valence-electron chi connectivity index (χ1n) is 8.69. The van der Waals surface area contributed by atoms with Crippen molar-refractivity contribution in [1.29, 1.82) is 0 Å². The van der Waals surface area contributed by atoms with Crippen LogP contribution in [-0.4, -0.2) is 22.0 Å². The minimum Gasteiger partial charge on any atom is -0.508 e. The van der Waals surface area contributed by atoms with E-state index in [9.17, 15) is 19.8 Å². The molecule has 0 saturated carbocycles. The molecule has 0 atom stereocenters. The number of nitrogens with one attached hydrogen (secondary N) is 1. The van der Waals surface area contributed by atoms with E-state index < -0.39 is 5.91 Å². The summed E-state index contributed by atoms with van der Waals surface area (Å²) >= 11 is 0. The van der Waals surface area contributed by atoms with Crippen molar-refractivity contribution in [2.24, 2.45) is 0 Å². The van der Waals surface area contributed by atoms with Gasteiger partial charge in [-0.1, -0.05) is 30.3 Å². The van der Waals surface area contributed by atoms with Gasteiger partial charge in [0.1, 0.15) is 11.5 Å². The highest BCUT2D eigenvalue weighted by molar-refractivity contribution is 6.08. The SMILES string of the molecule is CC(=O)Nc1ccc(N(Cc2ccccc2)C(=O)c2ccc(O)cc2O)cc1. The highest BCUT2D eigenvalue weighted by Crippen LogP contribution is 2.28. The van der Waals surface area contributed by atoms with E-state index in [1.54, 1.807) is 24.3 Å². The van der Waals surface area contributed by atoms with Gasteiger partial charge >= 0.3 is 0 Å². The maximum absolute atomic E-state index is 13.2. The van der Waals surface area contributed by atoms with E-state index in [4.69, 9.17) is 0 Å². The number of benzene rings is 3. The fourth-order valence-corrected chi connectivity index (χ4v) is 2.82. The molecule has 3 aromatic carbocycles. The Balaban J connectivity index is 1.97. The van der Waals surface area contributed by atoms with E-state index in [1.165, 1.54) is 24.0 Å². The number of rotatable bonds is 5. The van der Waals surface area contributed by atoms with Crippen LogP contribution in [0.5, 0.6) is 11.5 Å². The molecule has 28 heavy (non-hydrogen) atoms. The lowest BCUT2D eigenvalue weighted by Gasteiger charge is -2.24. The zero-order chi connectivity index (χ0) is 20.1. The molecule has 3 aromatic rings. The van der Waals surface area contributed by atoms with Crippen molar-refractivity contribution in [3.8, 4) is 11.5 Å². The third-order valence-electron chi connectivity index (χ3n) is 4.14. The van der Waals surface area contributed by atoms with Crippen LogP contribution in [0.2, 0.25) is 0 Å². The van der Waals surface area contributed by atoms with Crippen molar-refractivity contribution < 1.29 is 19.8 Å². The first-order valence-corrected chi connectivity index (χ1v) is 8.69. The molecule has 0 saturated heterocycles. The summed E-state index contributed by atoms with van der Waals surface area (Å²) < 4.78 is 0. The van der Waals surface area contributed by atoms with Gasteiger partial charge in [0.25, 0.3) is 5.91 Å². The average Bonchev–Trinajstić information content (AvgIpc) is 2.67. The summed E-state index contributed by atoms with van der Waals surface area (Å²) in [5.74, 6) is -1.01. The van der Waals surface area contributed by atoms with Gasteiger partial charge in [-0.2, -0.15) is 0 Å². The summed E-state index contributed by atoms with van der Waals surface area (Å²) in [6.07, 6.45) is 0. The molecule has 6 heteroatoms. The van der Waals surface area contributed by atoms with Gasteiger partial charge in [0.05, 0.1) is 12.1 Å². The van der Waals surface area contributed by atoms with Crippen molar-refractivity contribution >= 4 is 23.2 Å². The van der Waals surface area contributed by atoms with Crippen molar-refractivity contribution in [3.63, 3.8) is 0 Å². The van der Waals surface area contributed by atoms with Gasteiger partial charge in [-0.15, -0.1) is 0 Å². The number of carbonyl (C=O) groups is 2. The fraction of sp³-hybridized carbons (Fsp3) is 0.0909. The molecule has 0 bridgehead atoms. The quantitative estimate of drug-likeness (QED) is 0.630. The minimum atomic E-state index is -0.409. The Kier molecular flexibility index (Phi) is 5.60. The topological polar surface area (TPSA) is 89.9 Å². The van der Waals surface area contributed by atoms with Gasteiger partial charge in [0, 0.05) is 24.4 Å². The Hall–Kier alpha value is -3.80. The number of hydrogen-bond acceptors (Lipinski definition) is 4. The molecule has 0 spiro atoms. The van der Waals surface area contributed by atoms with E-state index in [2.05, 4.69) is 5.32 Å². The maximum Gasteiger partial charge on any atom is 0.262 e. The average molecular weight is 376 g/mol. The van der Waals surface area contributed by atoms with E-state index >= 15 is 0 Å². The van der Waals surface area contributed by atoms with Crippen LogP contribution in [0.25, 0.3) is 0 Å². The van der Waals surface area contributed by atoms with Crippen molar-refractivity contribution in [1.82, 2.24) is 0 Å². The molecule has 3 N–H and O–H groups in total. The molecular weight excluding hydrogens is 356 g/mol. The van der Waals surface area contributed by atoms with Crippen LogP contribution in [-0.2, 0) is 11.3 Å². The lowest BCUT2D eigenvalue weighted by atomic mass is 10.1. The first kappa shape index (κ1) is 19.0. The van der Waals surface area contributed by atoms with Crippen molar-refractivity contribution in [2.45, 2.75) is 13.5 Å². The number of hydrogen-bond donors (Lipinski definition) is 3. The monoisotopic (exact) mass is 376 g/mol. The molecule has 0 fully saturated rings. The maximum atomic E-state index is 13.2. The fourth-order valence-electron chi connectivity index (χ4n) is 2.82. The lowest BCUT2D eigenvalue weighted by molar-refractivity contribution is -0.114. The highest BCUT2D eigenvalue weighted by atomic mass is 16.3. The van der Waals surface area contributed by atoms with Crippen LogP contribution in [0.4, 0.5) is 11.4 Å². The predicted octanol–water partition coefficient (Wildman–Crippen LogP) is 3.90. The number of amides is 2. The molecule has 0 aliphatic rings. The Labute approximate surface area is 162 Å². The molecule has 2 amide bonds.